The first-order valence-electron chi connectivity index (χ1n) is 11.8. The lowest BCUT2D eigenvalue weighted by Gasteiger charge is -2.14. The molecule has 0 N–H and O–H groups in total. The maximum Gasteiger partial charge on any atom is 0.416 e. The number of benzene rings is 5. The van der Waals surface area contributed by atoms with Crippen molar-refractivity contribution in [2.24, 2.45) is 0 Å². The van der Waals surface area contributed by atoms with Crippen molar-refractivity contribution < 1.29 is 39.5 Å². The normalized spacial score (nSPS) is 12.6. The highest BCUT2D eigenvalue weighted by atomic mass is 19.4. The van der Waals surface area contributed by atoms with Crippen LogP contribution in [0.4, 0.5) is 39.5 Å². The van der Waals surface area contributed by atoms with Gasteiger partial charge in [-0.05, 0) is 86.6 Å². The minimum Gasteiger partial charge on any atom is -0.166 e. The maximum atomic E-state index is 13.3. The number of fused-ring (bicyclic) bond motifs is 1. The SMILES string of the molecule is FC(F)(F)c1ccc(-c2ccc3ccc(-c4ccc(-c5cc(C(F)(F)F)cc(C(F)(F)F)c5)cc4)cc3c2)cc1. The number of hydrogen-bond donors (Lipinski definition) is 0. The van der Waals surface area contributed by atoms with Gasteiger partial charge in [-0.25, -0.2) is 0 Å². The maximum absolute atomic E-state index is 13.3. The molecule has 0 bridgehead atoms. The number of halogens is 9. The summed E-state index contributed by atoms with van der Waals surface area (Å²) in [6.45, 7) is 0. The van der Waals surface area contributed by atoms with Gasteiger partial charge in [-0.3, -0.25) is 0 Å². The van der Waals surface area contributed by atoms with Gasteiger partial charge in [0.2, 0.25) is 0 Å². The summed E-state index contributed by atoms with van der Waals surface area (Å²) in [5.74, 6) is 0. The summed E-state index contributed by atoms with van der Waals surface area (Å²) < 4.78 is 118. The third-order valence-corrected chi connectivity index (χ3v) is 6.53. The Bertz CT molecular complexity index is 1640. The van der Waals surface area contributed by atoms with Crippen LogP contribution in [0.25, 0.3) is 44.2 Å². The Hall–Kier alpha value is -4.27. The van der Waals surface area contributed by atoms with Crippen molar-refractivity contribution in [2.45, 2.75) is 18.5 Å². The van der Waals surface area contributed by atoms with Gasteiger partial charge in [0, 0.05) is 0 Å². The molecule has 40 heavy (non-hydrogen) atoms. The lowest BCUT2D eigenvalue weighted by Crippen LogP contribution is -2.11. The van der Waals surface area contributed by atoms with E-state index in [4.69, 9.17) is 0 Å². The molecule has 0 aliphatic rings. The van der Waals surface area contributed by atoms with Gasteiger partial charge in [-0.2, -0.15) is 39.5 Å². The summed E-state index contributed by atoms with van der Waals surface area (Å²) in [4.78, 5) is 0. The molecule has 9 heteroatoms. The molecule has 204 valence electrons. The molecule has 0 aromatic heterocycles. The van der Waals surface area contributed by atoms with Gasteiger partial charge in [0.25, 0.3) is 0 Å². The van der Waals surface area contributed by atoms with Crippen LogP contribution in [0.1, 0.15) is 16.7 Å². The number of rotatable bonds is 3. The van der Waals surface area contributed by atoms with Crippen LogP contribution < -0.4 is 0 Å². The lowest BCUT2D eigenvalue weighted by molar-refractivity contribution is -0.143. The van der Waals surface area contributed by atoms with E-state index in [2.05, 4.69) is 0 Å². The Morgan fingerprint density at radius 2 is 0.625 bits per heavy atom. The van der Waals surface area contributed by atoms with Crippen molar-refractivity contribution in [2.75, 3.05) is 0 Å². The highest BCUT2D eigenvalue weighted by molar-refractivity contribution is 5.91. The summed E-state index contributed by atoms with van der Waals surface area (Å²) in [7, 11) is 0. The predicted octanol–water partition coefficient (Wildman–Crippen LogP) is 10.9. The molecular formula is C31H17F9. The monoisotopic (exact) mass is 560 g/mol. The molecule has 0 aliphatic heterocycles. The minimum absolute atomic E-state index is 0.0892. The Balaban J connectivity index is 1.47. The Morgan fingerprint density at radius 1 is 0.275 bits per heavy atom. The average Bonchev–Trinajstić information content (AvgIpc) is 2.91. The summed E-state index contributed by atoms with van der Waals surface area (Å²) in [5.41, 5.74) is -0.832. The van der Waals surface area contributed by atoms with Crippen molar-refractivity contribution >= 4 is 10.8 Å². The largest absolute Gasteiger partial charge is 0.416 e. The van der Waals surface area contributed by atoms with Crippen molar-refractivity contribution in [3.63, 3.8) is 0 Å². The van der Waals surface area contributed by atoms with E-state index < -0.39 is 35.2 Å². The first kappa shape index (κ1) is 27.3. The summed E-state index contributed by atoms with van der Waals surface area (Å²) in [6, 6.07) is 23.4. The molecule has 0 nitrogen and oxygen atoms in total. The van der Waals surface area contributed by atoms with E-state index in [9.17, 15) is 39.5 Å². The van der Waals surface area contributed by atoms with Crippen molar-refractivity contribution in [3.8, 4) is 33.4 Å². The van der Waals surface area contributed by atoms with Gasteiger partial charge < -0.3 is 0 Å². The van der Waals surface area contributed by atoms with E-state index >= 15 is 0 Å². The molecule has 0 radical (unpaired) electrons. The third-order valence-electron chi connectivity index (χ3n) is 6.53. The Kier molecular flexibility index (Phi) is 6.64. The van der Waals surface area contributed by atoms with Crippen LogP contribution in [0, 0.1) is 0 Å². The molecule has 5 aromatic rings. The van der Waals surface area contributed by atoms with Crippen LogP contribution in [0.3, 0.4) is 0 Å². The molecule has 0 unspecified atom stereocenters. The lowest BCUT2D eigenvalue weighted by atomic mass is 9.95. The van der Waals surface area contributed by atoms with Crippen LogP contribution >= 0.6 is 0 Å². The molecule has 0 fully saturated rings. The fourth-order valence-electron chi connectivity index (χ4n) is 4.43. The van der Waals surface area contributed by atoms with Gasteiger partial charge in [0.1, 0.15) is 0 Å². The van der Waals surface area contributed by atoms with Gasteiger partial charge in [-0.15, -0.1) is 0 Å². The first-order valence-corrected chi connectivity index (χ1v) is 11.8. The summed E-state index contributed by atoms with van der Waals surface area (Å²) in [6.07, 6.45) is -14.3. The van der Waals surface area contributed by atoms with E-state index in [0.717, 1.165) is 28.5 Å². The van der Waals surface area contributed by atoms with Crippen LogP contribution in [0.5, 0.6) is 0 Å². The average molecular weight is 560 g/mol. The topological polar surface area (TPSA) is 0 Å². The fraction of sp³-hybridized carbons (Fsp3) is 0.0968. The Morgan fingerprint density at radius 3 is 1.02 bits per heavy atom. The summed E-state index contributed by atoms with van der Waals surface area (Å²) in [5, 5.41) is 1.67. The molecule has 0 saturated heterocycles. The second-order valence-corrected chi connectivity index (χ2v) is 9.22. The minimum atomic E-state index is -4.94. The second-order valence-electron chi connectivity index (χ2n) is 9.22. The van der Waals surface area contributed by atoms with Crippen LogP contribution in [-0.4, -0.2) is 0 Å². The van der Waals surface area contributed by atoms with E-state index in [1.165, 1.54) is 24.3 Å². The standard InChI is InChI=1S/C31H17F9/c32-29(33,34)26-11-9-19(10-12-26)23-8-6-20-5-7-22(13-24(20)14-23)18-1-3-21(4-2-18)25-15-27(30(35,36)37)17-28(16-25)31(38,39)40/h1-17H. The Labute approximate surface area is 222 Å². The molecule has 0 aliphatic carbocycles. The molecular weight excluding hydrogens is 543 g/mol. The third kappa shape index (κ3) is 5.68. The second kappa shape index (κ2) is 9.73. The first-order chi connectivity index (χ1) is 18.7. The van der Waals surface area contributed by atoms with Crippen molar-refractivity contribution in [1.82, 2.24) is 0 Å². The van der Waals surface area contributed by atoms with Crippen LogP contribution in [0.2, 0.25) is 0 Å². The highest BCUT2D eigenvalue weighted by Crippen LogP contribution is 2.39. The van der Waals surface area contributed by atoms with E-state index in [0.29, 0.717) is 28.8 Å². The molecule has 5 aromatic carbocycles. The van der Waals surface area contributed by atoms with Crippen LogP contribution in [-0.2, 0) is 18.5 Å². The van der Waals surface area contributed by atoms with Gasteiger partial charge in [0.05, 0.1) is 16.7 Å². The molecule has 0 heterocycles. The quantitative estimate of drug-likeness (QED) is 0.193. The van der Waals surface area contributed by atoms with Gasteiger partial charge >= 0.3 is 18.5 Å². The van der Waals surface area contributed by atoms with E-state index in [-0.39, 0.29) is 17.2 Å². The smallest absolute Gasteiger partial charge is 0.166 e. The molecule has 0 amide bonds. The van der Waals surface area contributed by atoms with E-state index in [1.54, 1.807) is 18.2 Å². The fourth-order valence-corrected chi connectivity index (χ4v) is 4.43. The zero-order valence-electron chi connectivity index (χ0n) is 20.2. The van der Waals surface area contributed by atoms with Crippen LogP contribution in [0.15, 0.2) is 103 Å². The predicted molar refractivity (Wildman–Crippen MR) is 135 cm³/mol. The summed E-state index contributed by atoms with van der Waals surface area (Å²) >= 11 is 0. The highest BCUT2D eigenvalue weighted by Gasteiger charge is 2.37. The van der Waals surface area contributed by atoms with Gasteiger partial charge in [-0.1, -0.05) is 60.7 Å². The number of alkyl halides is 9. The van der Waals surface area contributed by atoms with Gasteiger partial charge in [0.15, 0.2) is 0 Å². The van der Waals surface area contributed by atoms with Crippen molar-refractivity contribution in [3.05, 3.63) is 120 Å². The van der Waals surface area contributed by atoms with E-state index in [1.807, 2.05) is 30.3 Å². The molecule has 0 spiro atoms. The zero-order valence-corrected chi connectivity index (χ0v) is 20.2. The number of hydrogen-bond acceptors (Lipinski definition) is 0. The molecule has 5 rings (SSSR count). The zero-order chi connectivity index (χ0) is 28.9. The molecule has 0 atom stereocenters. The molecule has 0 saturated carbocycles. The van der Waals surface area contributed by atoms with Crippen molar-refractivity contribution in [1.29, 1.82) is 0 Å².